The summed E-state index contributed by atoms with van der Waals surface area (Å²) in [6, 6.07) is 0. The standard InChI is InChI=1S/C12H10F2N4O2S2/c1-4-7(22-10(16-4)8(15)19)6-3-21-11(17-6)18-9(20)5-2-12(5,13)14/h3,5H,2H2,1H3,(H2,15,19)(H,17,18,20). The number of thiazole rings is 2. The van der Waals surface area contributed by atoms with Crippen molar-refractivity contribution in [3.63, 3.8) is 0 Å². The molecule has 0 aromatic carbocycles. The summed E-state index contributed by atoms with van der Waals surface area (Å²) in [4.78, 5) is 31.6. The second kappa shape index (κ2) is 5.06. The predicted molar refractivity (Wildman–Crippen MR) is 78.2 cm³/mol. The Bertz CT molecular complexity index is 771. The van der Waals surface area contributed by atoms with Crippen LogP contribution in [0.5, 0.6) is 0 Å². The van der Waals surface area contributed by atoms with Gasteiger partial charge in [-0.05, 0) is 6.92 Å². The van der Waals surface area contributed by atoms with Crippen molar-refractivity contribution in [2.75, 3.05) is 5.32 Å². The van der Waals surface area contributed by atoms with E-state index < -0.39 is 30.1 Å². The molecule has 2 aromatic heterocycles. The number of aromatic nitrogens is 2. The summed E-state index contributed by atoms with van der Waals surface area (Å²) in [5, 5.41) is 4.44. The van der Waals surface area contributed by atoms with Gasteiger partial charge in [0.15, 0.2) is 10.1 Å². The Morgan fingerprint density at radius 1 is 1.45 bits per heavy atom. The SMILES string of the molecule is Cc1nc(C(N)=O)sc1-c1csc(NC(=O)C2CC2(F)F)n1. The molecule has 10 heteroatoms. The average Bonchev–Trinajstić information content (AvgIpc) is 2.80. The molecule has 6 nitrogen and oxygen atoms in total. The van der Waals surface area contributed by atoms with Crippen LogP contribution in [0.15, 0.2) is 5.38 Å². The maximum atomic E-state index is 12.8. The van der Waals surface area contributed by atoms with Crippen LogP contribution in [0.25, 0.3) is 10.6 Å². The minimum atomic E-state index is -2.91. The normalized spacial score (nSPS) is 19.0. The lowest BCUT2D eigenvalue weighted by Crippen LogP contribution is -2.17. The van der Waals surface area contributed by atoms with E-state index in [1.807, 2.05) is 0 Å². The van der Waals surface area contributed by atoms with Crippen LogP contribution in [-0.4, -0.2) is 27.7 Å². The lowest BCUT2D eigenvalue weighted by Gasteiger charge is -1.99. The molecule has 2 aromatic rings. The molecule has 1 unspecified atom stereocenters. The third kappa shape index (κ3) is 2.71. The molecule has 0 saturated heterocycles. The molecule has 0 aliphatic heterocycles. The molecule has 2 amide bonds. The number of amides is 2. The fourth-order valence-corrected chi connectivity index (χ4v) is 3.52. The highest BCUT2D eigenvalue weighted by Gasteiger charge is 2.61. The summed E-state index contributed by atoms with van der Waals surface area (Å²) in [5.74, 6) is -5.54. The molecule has 1 atom stereocenters. The van der Waals surface area contributed by atoms with Crippen LogP contribution in [0.1, 0.15) is 21.9 Å². The van der Waals surface area contributed by atoms with E-state index in [1.165, 1.54) is 0 Å². The number of nitrogens with two attached hydrogens (primary N) is 1. The van der Waals surface area contributed by atoms with Crippen molar-refractivity contribution in [1.29, 1.82) is 0 Å². The van der Waals surface area contributed by atoms with Gasteiger partial charge in [0.2, 0.25) is 5.91 Å². The molecule has 22 heavy (non-hydrogen) atoms. The molecule has 1 fully saturated rings. The van der Waals surface area contributed by atoms with E-state index in [1.54, 1.807) is 12.3 Å². The van der Waals surface area contributed by atoms with Crippen LogP contribution in [0, 0.1) is 12.8 Å². The van der Waals surface area contributed by atoms with E-state index >= 15 is 0 Å². The summed E-state index contributed by atoms with van der Waals surface area (Å²) in [6.07, 6.45) is -0.424. The van der Waals surface area contributed by atoms with E-state index in [4.69, 9.17) is 5.73 Å². The Balaban J connectivity index is 1.77. The Morgan fingerprint density at radius 3 is 2.68 bits per heavy atom. The Kier molecular flexibility index (Phi) is 3.44. The van der Waals surface area contributed by atoms with Crippen molar-refractivity contribution >= 4 is 39.6 Å². The van der Waals surface area contributed by atoms with Crippen molar-refractivity contribution in [3.8, 4) is 10.6 Å². The van der Waals surface area contributed by atoms with Gasteiger partial charge in [-0.25, -0.2) is 18.7 Å². The van der Waals surface area contributed by atoms with Crippen LogP contribution >= 0.6 is 22.7 Å². The molecule has 116 valence electrons. The van der Waals surface area contributed by atoms with Crippen LogP contribution in [-0.2, 0) is 4.79 Å². The first-order valence-electron chi connectivity index (χ1n) is 6.20. The minimum Gasteiger partial charge on any atom is -0.364 e. The quantitative estimate of drug-likeness (QED) is 0.889. The molecular formula is C12H10F2N4O2S2. The number of alkyl halides is 2. The molecule has 0 bridgehead atoms. The molecular weight excluding hydrogens is 334 g/mol. The molecule has 0 radical (unpaired) electrons. The number of nitrogens with one attached hydrogen (secondary N) is 1. The third-order valence-corrected chi connectivity index (χ3v) is 5.07. The molecule has 1 saturated carbocycles. The number of carbonyl (C=O) groups excluding carboxylic acids is 2. The number of aryl methyl sites for hydroxylation is 1. The zero-order valence-corrected chi connectivity index (χ0v) is 12.9. The van der Waals surface area contributed by atoms with Gasteiger partial charge in [0.1, 0.15) is 5.92 Å². The summed E-state index contributed by atoms with van der Waals surface area (Å²) in [5.41, 5.74) is 6.29. The first-order chi connectivity index (χ1) is 10.3. The van der Waals surface area contributed by atoms with Crippen molar-refractivity contribution in [2.45, 2.75) is 19.3 Å². The third-order valence-electron chi connectivity index (χ3n) is 3.12. The molecule has 3 rings (SSSR count). The highest BCUT2D eigenvalue weighted by atomic mass is 32.1. The minimum absolute atomic E-state index is 0.170. The Hall–Kier alpha value is -1.94. The van der Waals surface area contributed by atoms with Crippen molar-refractivity contribution in [3.05, 3.63) is 16.1 Å². The first-order valence-corrected chi connectivity index (χ1v) is 7.89. The highest BCUT2D eigenvalue weighted by Crippen LogP contribution is 2.49. The number of primary amides is 1. The largest absolute Gasteiger partial charge is 0.364 e. The number of anilines is 1. The molecule has 1 aliphatic rings. The second-order valence-electron chi connectivity index (χ2n) is 4.84. The number of rotatable bonds is 4. The summed E-state index contributed by atoms with van der Waals surface area (Å²) in [6.45, 7) is 1.71. The van der Waals surface area contributed by atoms with Crippen molar-refractivity contribution in [2.24, 2.45) is 11.7 Å². The number of halogens is 2. The van der Waals surface area contributed by atoms with Gasteiger partial charge in [0, 0.05) is 11.8 Å². The van der Waals surface area contributed by atoms with Gasteiger partial charge in [0.25, 0.3) is 11.8 Å². The van der Waals surface area contributed by atoms with E-state index in [-0.39, 0.29) is 10.1 Å². The maximum Gasteiger partial charge on any atom is 0.277 e. The smallest absolute Gasteiger partial charge is 0.277 e. The van der Waals surface area contributed by atoms with E-state index in [2.05, 4.69) is 15.3 Å². The van der Waals surface area contributed by atoms with Crippen LogP contribution in [0.3, 0.4) is 0 Å². The van der Waals surface area contributed by atoms with Gasteiger partial charge in [-0.15, -0.1) is 22.7 Å². The van der Waals surface area contributed by atoms with Gasteiger partial charge < -0.3 is 11.1 Å². The van der Waals surface area contributed by atoms with Crippen LogP contribution in [0.2, 0.25) is 0 Å². The lowest BCUT2D eigenvalue weighted by molar-refractivity contribution is -0.119. The predicted octanol–water partition coefficient (Wildman–Crippen LogP) is 2.27. The van der Waals surface area contributed by atoms with E-state index in [0.717, 1.165) is 22.7 Å². The fraction of sp³-hybridized carbons (Fsp3) is 0.333. The summed E-state index contributed by atoms with van der Waals surface area (Å²) < 4.78 is 25.6. The molecule has 3 N–H and O–H groups in total. The fourth-order valence-electron chi connectivity index (χ4n) is 1.87. The second-order valence-corrected chi connectivity index (χ2v) is 6.70. The van der Waals surface area contributed by atoms with E-state index in [0.29, 0.717) is 16.3 Å². The number of nitrogens with zero attached hydrogens (tertiary/aromatic N) is 2. The van der Waals surface area contributed by atoms with Crippen molar-refractivity contribution in [1.82, 2.24) is 9.97 Å². The van der Waals surface area contributed by atoms with Crippen LogP contribution in [0.4, 0.5) is 13.9 Å². The van der Waals surface area contributed by atoms with Crippen molar-refractivity contribution < 1.29 is 18.4 Å². The number of hydrogen-bond donors (Lipinski definition) is 2. The van der Waals surface area contributed by atoms with Gasteiger partial charge in [-0.1, -0.05) is 0 Å². The Morgan fingerprint density at radius 2 is 2.14 bits per heavy atom. The monoisotopic (exact) mass is 344 g/mol. The van der Waals surface area contributed by atoms with Gasteiger partial charge in [-0.3, -0.25) is 9.59 Å². The maximum absolute atomic E-state index is 12.8. The zero-order chi connectivity index (χ0) is 16.1. The molecule has 2 heterocycles. The highest BCUT2D eigenvalue weighted by molar-refractivity contribution is 7.18. The Labute approximate surface area is 131 Å². The van der Waals surface area contributed by atoms with E-state index in [9.17, 15) is 18.4 Å². The topological polar surface area (TPSA) is 98.0 Å². The molecule has 0 spiro atoms. The van der Waals surface area contributed by atoms with Crippen LogP contribution < -0.4 is 11.1 Å². The summed E-state index contributed by atoms with van der Waals surface area (Å²) >= 11 is 2.22. The summed E-state index contributed by atoms with van der Waals surface area (Å²) in [7, 11) is 0. The number of carbonyl (C=O) groups is 2. The number of hydrogen-bond acceptors (Lipinski definition) is 6. The lowest BCUT2D eigenvalue weighted by atomic mass is 10.3. The average molecular weight is 344 g/mol. The zero-order valence-electron chi connectivity index (χ0n) is 11.2. The van der Waals surface area contributed by atoms with Gasteiger partial charge in [0.05, 0.1) is 16.3 Å². The molecule has 1 aliphatic carbocycles. The first kappa shape index (κ1) is 15.0. The van der Waals surface area contributed by atoms with Gasteiger partial charge >= 0.3 is 0 Å². The van der Waals surface area contributed by atoms with Gasteiger partial charge in [-0.2, -0.15) is 0 Å².